The molecule has 1 aliphatic heterocycles. The molecule has 21 heavy (non-hydrogen) atoms. The summed E-state index contributed by atoms with van der Waals surface area (Å²) in [4.78, 5) is 13.8. The van der Waals surface area contributed by atoms with Gasteiger partial charge in [0, 0.05) is 25.4 Å². The zero-order valence-corrected chi connectivity index (χ0v) is 11.8. The molecule has 1 heterocycles. The molecule has 104 valence electrons. The quantitative estimate of drug-likeness (QED) is 0.787. The molecule has 2 aromatic carbocycles. The van der Waals surface area contributed by atoms with E-state index in [-0.39, 0.29) is 11.8 Å². The fourth-order valence-corrected chi connectivity index (χ4v) is 2.74. The average molecular weight is 275 g/mol. The van der Waals surface area contributed by atoms with E-state index in [0.29, 0.717) is 19.5 Å². The van der Waals surface area contributed by atoms with Crippen LogP contribution in [0.1, 0.15) is 12.0 Å². The van der Waals surface area contributed by atoms with E-state index in [1.54, 1.807) is 0 Å². The standard InChI is InChI=1S/C19H17NO/c1-2-15-12-19(21)20(13-15)14-16-7-6-10-18(11-16)17-8-4-3-5-9-17/h1,3-11,15H,12-14H2. The van der Waals surface area contributed by atoms with Gasteiger partial charge in [-0.15, -0.1) is 12.3 Å². The topological polar surface area (TPSA) is 20.3 Å². The zero-order valence-electron chi connectivity index (χ0n) is 11.8. The first-order valence-electron chi connectivity index (χ1n) is 7.14. The van der Waals surface area contributed by atoms with E-state index in [2.05, 4.69) is 36.3 Å². The Morgan fingerprint density at radius 1 is 1.10 bits per heavy atom. The Labute approximate surface area is 125 Å². The maximum Gasteiger partial charge on any atom is 0.224 e. The van der Waals surface area contributed by atoms with Crippen LogP contribution in [0.5, 0.6) is 0 Å². The summed E-state index contributed by atoms with van der Waals surface area (Å²) < 4.78 is 0. The summed E-state index contributed by atoms with van der Waals surface area (Å²) in [5.41, 5.74) is 3.50. The Hall–Kier alpha value is -2.53. The van der Waals surface area contributed by atoms with Gasteiger partial charge in [0.05, 0.1) is 0 Å². The summed E-state index contributed by atoms with van der Waals surface area (Å²) in [6, 6.07) is 18.6. The van der Waals surface area contributed by atoms with E-state index in [1.165, 1.54) is 11.1 Å². The highest BCUT2D eigenvalue weighted by molar-refractivity contribution is 5.79. The van der Waals surface area contributed by atoms with E-state index in [9.17, 15) is 4.79 Å². The lowest BCUT2D eigenvalue weighted by atomic mass is 10.0. The van der Waals surface area contributed by atoms with Gasteiger partial charge in [-0.25, -0.2) is 0 Å². The van der Waals surface area contributed by atoms with Gasteiger partial charge in [-0.1, -0.05) is 48.5 Å². The van der Waals surface area contributed by atoms with Gasteiger partial charge in [-0.3, -0.25) is 4.79 Å². The number of rotatable bonds is 3. The highest BCUT2D eigenvalue weighted by atomic mass is 16.2. The van der Waals surface area contributed by atoms with Gasteiger partial charge in [0.15, 0.2) is 0 Å². The maximum absolute atomic E-state index is 11.9. The molecule has 0 bridgehead atoms. The molecule has 1 saturated heterocycles. The molecule has 0 aliphatic carbocycles. The lowest BCUT2D eigenvalue weighted by Crippen LogP contribution is -2.24. The predicted molar refractivity (Wildman–Crippen MR) is 84.2 cm³/mol. The number of hydrogen-bond acceptors (Lipinski definition) is 1. The third-order valence-corrected chi connectivity index (χ3v) is 3.86. The van der Waals surface area contributed by atoms with Gasteiger partial charge < -0.3 is 4.90 Å². The minimum Gasteiger partial charge on any atom is -0.337 e. The van der Waals surface area contributed by atoms with Crippen LogP contribution in [0.15, 0.2) is 54.6 Å². The van der Waals surface area contributed by atoms with Crippen molar-refractivity contribution in [2.45, 2.75) is 13.0 Å². The highest BCUT2D eigenvalue weighted by Crippen LogP contribution is 2.23. The second kappa shape index (κ2) is 5.85. The number of hydrogen-bond donors (Lipinski definition) is 0. The van der Waals surface area contributed by atoms with Crippen molar-refractivity contribution in [3.05, 3.63) is 60.2 Å². The largest absolute Gasteiger partial charge is 0.337 e. The number of likely N-dealkylation sites (tertiary alicyclic amines) is 1. The fraction of sp³-hybridized carbons (Fsp3) is 0.211. The molecule has 0 N–H and O–H groups in total. The first-order valence-corrected chi connectivity index (χ1v) is 7.14. The van der Waals surface area contributed by atoms with Crippen LogP contribution < -0.4 is 0 Å². The third-order valence-electron chi connectivity index (χ3n) is 3.86. The van der Waals surface area contributed by atoms with Crippen molar-refractivity contribution < 1.29 is 4.79 Å². The normalized spacial score (nSPS) is 17.8. The molecule has 1 fully saturated rings. The van der Waals surface area contributed by atoms with E-state index < -0.39 is 0 Å². The molecule has 1 atom stereocenters. The Balaban J connectivity index is 1.79. The van der Waals surface area contributed by atoms with E-state index in [1.807, 2.05) is 29.2 Å². The molecule has 2 aromatic rings. The van der Waals surface area contributed by atoms with Crippen LogP contribution in [0, 0.1) is 18.3 Å². The number of amides is 1. The average Bonchev–Trinajstić information content (AvgIpc) is 2.89. The minimum atomic E-state index is 0.0646. The van der Waals surface area contributed by atoms with Crippen LogP contribution in [0.25, 0.3) is 11.1 Å². The summed E-state index contributed by atoms with van der Waals surface area (Å²) in [5.74, 6) is 2.91. The van der Waals surface area contributed by atoms with Crippen molar-refractivity contribution in [2.75, 3.05) is 6.54 Å². The molecule has 2 heteroatoms. The van der Waals surface area contributed by atoms with Crippen LogP contribution in [0.3, 0.4) is 0 Å². The molecule has 1 aliphatic rings. The summed E-state index contributed by atoms with van der Waals surface area (Å²) >= 11 is 0. The Kier molecular flexibility index (Phi) is 3.75. The summed E-state index contributed by atoms with van der Waals surface area (Å²) in [6.07, 6.45) is 5.90. The van der Waals surface area contributed by atoms with E-state index >= 15 is 0 Å². The molecule has 0 spiro atoms. The van der Waals surface area contributed by atoms with Crippen LogP contribution in [0.2, 0.25) is 0 Å². The lowest BCUT2D eigenvalue weighted by molar-refractivity contribution is -0.128. The van der Waals surface area contributed by atoms with Crippen molar-refractivity contribution in [2.24, 2.45) is 5.92 Å². The Bertz CT molecular complexity index is 684. The third kappa shape index (κ3) is 2.98. The fourth-order valence-electron chi connectivity index (χ4n) is 2.74. The molecular formula is C19H17NO. The van der Waals surface area contributed by atoms with Crippen LogP contribution in [0.4, 0.5) is 0 Å². The smallest absolute Gasteiger partial charge is 0.224 e. The molecule has 1 unspecified atom stereocenters. The summed E-state index contributed by atoms with van der Waals surface area (Å²) in [7, 11) is 0. The molecular weight excluding hydrogens is 258 g/mol. The molecule has 0 radical (unpaired) electrons. The monoisotopic (exact) mass is 275 g/mol. The molecule has 1 amide bonds. The van der Waals surface area contributed by atoms with Gasteiger partial charge in [-0.05, 0) is 22.8 Å². The zero-order chi connectivity index (χ0) is 14.7. The minimum absolute atomic E-state index is 0.0646. The maximum atomic E-state index is 11.9. The first kappa shape index (κ1) is 13.5. The van der Waals surface area contributed by atoms with Gasteiger partial charge in [-0.2, -0.15) is 0 Å². The van der Waals surface area contributed by atoms with Gasteiger partial charge in [0.2, 0.25) is 5.91 Å². The van der Waals surface area contributed by atoms with Crippen LogP contribution >= 0.6 is 0 Å². The number of terminal acetylenes is 1. The van der Waals surface area contributed by atoms with Crippen LogP contribution in [-0.2, 0) is 11.3 Å². The molecule has 3 rings (SSSR count). The number of carbonyl (C=O) groups excluding carboxylic acids is 1. The van der Waals surface area contributed by atoms with Crippen LogP contribution in [-0.4, -0.2) is 17.4 Å². The van der Waals surface area contributed by atoms with Gasteiger partial charge >= 0.3 is 0 Å². The highest BCUT2D eigenvalue weighted by Gasteiger charge is 2.27. The van der Waals surface area contributed by atoms with Crippen molar-refractivity contribution in [1.29, 1.82) is 0 Å². The van der Waals surface area contributed by atoms with Crippen molar-refractivity contribution in [1.82, 2.24) is 4.90 Å². The Morgan fingerprint density at radius 2 is 1.86 bits per heavy atom. The number of nitrogens with zero attached hydrogens (tertiary/aromatic N) is 1. The van der Waals surface area contributed by atoms with E-state index in [4.69, 9.17) is 6.42 Å². The van der Waals surface area contributed by atoms with Gasteiger partial charge in [0.1, 0.15) is 0 Å². The Morgan fingerprint density at radius 3 is 2.57 bits per heavy atom. The van der Waals surface area contributed by atoms with Crippen molar-refractivity contribution in [3.8, 4) is 23.5 Å². The van der Waals surface area contributed by atoms with Gasteiger partial charge in [0.25, 0.3) is 0 Å². The predicted octanol–water partition coefficient (Wildman–Crippen LogP) is 3.34. The molecule has 0 saturated carbocycles. The molecule has 0 aromatic heterocycles. The lowest BCUT2D eigenvalue weighted by Gasteiger charge is -2.16. The first-order chi connectivity index (χ1) is 10.3. The van der Waals surface area contributed by atoms with Crippen molar-refractivity contribution >= 4 is 5.91 Å². The summed E-state index contributed by atoms with van der Waals surface area (Å²) in [5, 5.41) is 0. The SMILES string of the molecule is C#CC1CC(=O)N(Cc2cccc(-c3ccccc3)c2)C1. The number of benzene rings is 2. The second-order valence-corrected chi connectivity index (χ2v) is 5.41. The summed E-state index contributed by atoms with van der Waals surface area (Å²) in [6.45, 7) is 1.31. The second-order valence-electron chi connectivity index (χ2n) is 5.41. The van der Waals surface area contributed by atoms with E-state index in [0.717, 1.165) is 5.56 Å². The molecule has 2 nitrogen and oxygen atoms in total. The number of carbonyl (C=O) groups is 1. The van der Waals surface area contributed by atoms with Crippen molar-refractivity contribution in [3.63, 3.8) is 0 Å².